The summed E-state index contributed by atoms with van der Waals surface area (Å²) >= 11 is 0. The zero-order valence-electron chi connectivity index (χ0n) is 26.4. The summed E-state index contributed by atoms with van der Waals surface area (Å²) in [4.78, 5) is 33.0. The Morgan fingerprint density at radius 3 is 2.37 bits per heavy atom. The third-order valence-electron chi connectivity index (χ3n) is 8.32. The van der Waals surface area contributed by atoms with Gasteiger partial charge < -0.3 is 9.47 Å². The highest BCUT2D eigenvalue weighted by molar-refractivity contribution is 5.80. The molecule has 0 saturated carbocycles. The van der Waals surface area contributed by atoms with Gasteiger partial charge in [0, 0.05) is 30.4 Å². The summed E-state index contributed by atoms with van der Waals surface area (Å²) in [6.45, 7) is 7.95. The first-order valence-corrected chi connectivity index (χ1v) is 15.7. The number of aromatic nitrogens is 4. The molecule has 0 bridgehead atoms. The van der Waals surface area contributed by atoms with Crippen molar-refractivity contribution in [3.63, 3.8) is 0 Å². The van der Waals surface area contributed by atoms with Gasteiger partial charge in [0.1, 0.15) is 23.5 Å². The number of ether oxygens (including phenoxy) is 2. The highest BCUT2D eigenvalue weighted by atomic mass is 19.1. The van der Waals surface area contributed by atoms with Gasteiger partial charge in [-0.1, -0.05) is 54.9 Å². The Morgan fingerprint density at radius 1 is 1.00 bits per heavy atom. The number of H-pyrrole nitrogens is 1. The van der Waals surface area contributed by atoms with Crippen molar-refractivity contribution in [2.45, 2.75) is 78.1 Å². The maximum atomic E-state index is 15.8. The van der Waals surface area contributed by atoms with Crippen molar-refractivity contribution in [2.24, 2.45) is 0 Å². The number of rotatable bonds is 9. The summed E-state index contributed by atoms with van der Waals surface area (Å²) in [5.74, 6) is 0.433. The van der Waals surface area contributed by atoms with Gasteiger partial charge in [0.05, 0.1) is 23.6 Å². The molecule has 10 heteroatoms. The van der Waals surface area contributed by atoms with Crippen molar-refractivity contribution in [3.05, 3.63) is 116 Å². The average molecular weight is 625 g/mol. The fourth-order valence-electron chi connectivity index (χ4n) is 6.29. The summed E-state index contributed by atoms with van der Waals surface area (Å²) in [5, 5.41) is 3.79. The molecule has 1 aliphatic rings. The molecule has 2 aromatic heterocycles. The highest BCUT2D eigenvalue weighted by Crippen LogP contribution is 2.31. The van der Waals surface area contributed by atoms with Crippen LogP contribution < -0.4 is 16.1 Å². The van der Waals surface area contributed by atoms with E-state index in [1.54, 1.807) is 28.8 Å². The van der Waals surface area contributed by atoms with Gasteiger partial charge in [-0.05, 0) is 74.2 Å². The van der Waals surface area contributed by atoms with Crippen molar-refractivity contribution in [1.82, 2.24) is 19.7 Å². The molecule has 2 unspecified atom stereocenters. The van der Waals surface area contributed by atoms with Gasteiger partial charge in [-0.15, -0.1) is 0 Å². The van der Waals surface area contributed by atoms with E-state index in [1.807, 2.05) is 50.2 Å². The highest BCUT2D eigenvalue weighted by Gasteiger charge is 2.26. The molecule has 1 saturated heterocycles. The quantitative estimate of drug-likeness (QED) is 0.197. The Kier molecular flexibility index (Phi) is 8.99. The number of nitrogens with one attached hydrogen (secondary N) is 1. The second kappa shape index (κ2) is 13.3. The van der Waals surface area contributed by atoms with E-state index < -0.39 is 11.6 Å². The molecule has 5 aromatic rings. The Bertz CT molecular complexity index is 1950. The molecule has 3 aromatic carbocycles. The maximum absolute atomic E-state index is 15.8. The molecule has 3 heterocycles. The molecule has 0 radical (unpaired) electrons. The van der Waals surface area contributed by atoms with Crippen LogP contribution in [0.15, 0.2) is 80.8 Å². The first kappa shape index (κ1) is 31.2. The van der Waals surface area contributed by atoms with Crippen LogP contribution in [0, 0.1) is 12.7 Å². The predicted octanol–water partition coefficient (Wildman–Crippen LogP) is 6.57. The Balaban J connectivity index is 1.30. The monoisotopic (exact) mass is 624 g/mol. The van der Waals surface area contributed by atoms with E-state index in [1.165, 1.54) is 6.07 Å². The van der Waals surface area contributed by atoms with Gasteiger partial charge in [0.2, 0.25) is 0 Å². The molecular formula is C36H37FN4O5. The van der Waals surface area contributed by atoms with Gasteiger partial charge in [-0.2, -0.15) is 0 Å². The lowest BCUT2D eigenvalue weighted by Gasteiger charge is -2.32. The second-order valence-corrected chi connectivity index (χ2v) is 11.9. The van der Waals surface area contributed by atoms with Crippen molar-refractivity contribution >= 4 is 0 Å². The van der Waals surface area contributed by atoms with Crippen molar-refractivity contribution in [1.29, 1.82) is 0 Å². The lowest BCUT2D eigenvalue weighted by Crippen LogP contribution is -2.35. The van der Waals surface area contributed by atoms with E-state index in [-0.39, 0.29) is 36.1 Å². The van der Waals surface area contributed by atoms with Crippen LogP contribution in [0.25, 0.3) is 28.2 Å². The maximum Gasteiger partial charge on any atom is 0.439 e. The van der Waals surface area contributed by atoms with Gasteiger partial charge >= 0.3 is 5.76 Å². The number of halogens is 1. The van der Waals surface area contributed by atoms with Crippen LogP contribution in [-0.2, 0) is 17.6 Å². The molecule has 1 fully saturated rings. The van der Waals surface area contributed by atoms with Crippen LogP contribution >= 0.6 is 0 Å². The molecule has 238 valence electrons. The van der Waals surface area contributed by atoms with Crippen LogP contribution in [-0.4, -0.2) is 38.0 Å². The van der Waals surface area contributed by atoms with Crippen molar-refractivity contribution < 1.29 is 18.4 Å². The molecular weight excluding hydrogens is 587 g/mol. The fraction of sp³-hybridized carbons (Fsp3) is 0.333. The van der Waals surface area contributed by atoms with Crippen LogP contribution in [0.5, 0.6) is 5.75 Å². The van der Waals surface area contributed by atoms with Crippen LogP contribution in [0.4, 0.5) is 4.39 Å². The Hall–Kier alpha value is -4.83. The molecule has 46 heavy (non-hydrogen) atoms. The molecule has 2 atom stereocenters. The van der Waals surface area contributed by atoms with E-state index in [2.05, 4.69) is 28.5 Å². The topological polar surface area (TPSA) is 112 Å². The summed E-state index contributed by atoms with van der Waals surface area (Å²) in [6, 6.07) is 19.6. The largest absolute Gasteiger partial charge is 0.490 e. The van der Waals surface area contributed by atoms with Gasteiger partial charge in [0.25, 0.3) is 5.56 Å². The van der Waals surface area contributed by atoms with Gasteiger partial charge in [-0.3, -0.25) is 18.9 Å². The van der Waals surface area contributed by atoms with E-state index >= 15 is 4.39 Å². The van der Waals surface area contributed by atoms with Gasteiger partial charge in [-0.25, -0.2) is 14.2 Å². The van der Waals surface area contributed by atoms with Crippen LogP contribution in [0.2, 0.25) is 0 Å². The third-order valence-corrected chi connectivity index (χ3v) is 8.32. The summed E-state index contributed by atoms with van der Waals surface area (Å²) in [6.07, 6.45) is 3.48. The predicted molar refractivity (Wildman–Crippen MR) is 173 cm³/mol. The molecule has 1 N–H and O–H groups in total. The minimum atomic E-state index is -0.671. The number of hydrogen-bond donors (Lipinski definition) is 1. The minimum Gasteiger partial charge on any atom is -0.490 e. The zero-order chi connectivity index (χ0) is 32.4. The third kappa shape index (κ3) is 6.57. The van der Waals surface area contributed by atoms with E-state index in [9.17, 15) is 9.59 Å². The molecule has 9 nitrogen and oxygen atoms in total. The molecule has 0 spiro atoms. The number of aromatic amines is 1. The summed E-state index contributed by atoms with van der Waals surface area (Å²) < 4.78 is 34.1. The van der Waals surface area contributed by atoms with E-state index in [0.717, 1.165) is 25.0 Å². The lowest BCUT2D eigenvalue weighted by atomic mass is 9.95. The lowest BCUT2D eigenvalue weighted by molar-refractivity contribution is -0.0721. The number of nitrogens with zero attached hydrogens (tertiary/aromatic N) is 3. The molecule has 0 amide bonds. The number of benzene rings is 3. The molecule has 6 rings (SSSR count). The van der Waals surface area contributed by atoms with Crippen LogP contribution in [0.3, 0.4) is 0 Å². The second-order valence-electron chi connectivity index (χ2n) is 11.9. The van der Waals surface area contributed by atoms with Crippen LogP contribution in [0.1, 0.15) is 62.7 Å². The number of aryl methyl sites for hydroxylation is 2. The fourth-order valence-corrected chi connectivity index (χ4v) is 6.29. The van der Waals surface area contributed by atoms with Gasteiger partial charge in [0.15, 0.2) is 5.82 Å². The Labute approximate surface area is 266 Å². The summed E-state index contributed by atoms with van der Waals surface area (Å²) in [5.41, 5.74) is 3.84. The average Bonchev–Trinajstić information content (AvgIpc) is 3.46. The first-order valence-electron chi connectivity index (χ1n) is 15.7. The standard InChI is InChI=1S/C36H37FN4O5/c1-5-8-33-31(19-25-12-11-24(20-32(25)37)29-9-6-7-10-30(29)34-39-36(43)46-40-34)35(42)41(23(4)38-33)26-13-15-27(16-14-26)45-28-17-21(2)44-22(3)18-28/h6-7,9-16,20-22,28H,5,8,17-19H2,1-4H3,(H,39,40,43). The summed E-state index contributed by atoms with van der Waals surface area (Å²) in [7, 11) is 0. The number of hydrogen-bond acceptors (Lipinski definition) is 7. The van der Waals surface area contributed by atoms with E-state index in [0.29, 0.717) is 51.4 Å². The SMILES string of the molecule is CCCc1nc(C)n(-c2ccc(OC3CC(C)OC(C)C3)cc2)c(=O)c1Cc1ccc(-c2ccccc2-c2noc(=O)[nH]2)cc1F. The van der Waals surface area contributed by atoms with Crippen molar-refractivity contribution in [2.75, 3.05) is 0 Å². The Morgan fingerprint density at radius 2 is 1.72 bits per heavy atom. The van der Waals surface area contributed by atoms with E-state index in [4.69, 9.17) is 14.5 Å². The molecule has 1 aliphatic heterocycles. The van der Waals surface area contributed by atoms with Crippen molar-refractivity contribution in [3.8, 4) is 34.0 Å². The zero-order valence-corrected chi connectivity index (χ0v) is 26.4. The first-order chi connectivity index (χ1) is 22.2. The minimum absolute atomic E-state index is 0.0665. The normalized spacial score (nSPS) is 18.1. The smallest absolute Gasteiger partial charge is 0.439 e. The molecule has 0 aliphatic carbocycles.